The van der Waals surface area contributed by atoms with Crippen LogP contribution in [-0.2, 0) is 9.53 Å². The van der Waals surface area contributed by atoms with Gasteiger partial charge in [0.05, 0.1) is 0 Å². The van der Waals surface area contributed by atoms with Gasteiger partial charge >= 0.3 is 5.97 Å². The summed E-state index contributed by atoms with van der Waals surface area (Å²) in [5.41, 5.74) is 0.322. The van der Waals surface area contributed by atoms with Gasteiger partial charge in [-0.15, -0.1) is 11.8 Å². The Balaban J connectivity index is 4.27. The number of ether oxygens (including phenoxy) is 1. The second kappa shape index (κ2) is 8.87. The molecule has 0 saturated carbocycles. The van der Waals surface area contributed by atoms with Crippen LogP contribution in [0, 0.1) is 16.7 Å². The Morgan fingerprint density at radius 3 is 2.19 bits per heavy atom. The van der Waals surface area contributed by atoms with Crippen LogP contribution < -0.4 is 0 Å². The largest absolute Gasteiger partial charge is 0.451 e. The molecule has 0 aromatic heterocycles. The molecule has 0 bridgehead atoms. The van der Waals surface area contributed by atoms with E-state index in [9.17, 15) is 4.79 Å². The van der Waals surface area contributed by atoms with E-state index in [1.165, 1.54) is 0 Å². The summed E-state index contributed by atoms with van der Waals surface area (Å²) in [5.74, 6) is 0.268. The van der Waals surface area contributed by atoms with Crippen molar-refractivity contribution in [1.82, 2.24) is 0 Å². The number of thioether (sulfide) groups is 1. The van der Waals surface area contributed by atoms with E-state index in [0.29, 0.717) is 17.8 Å². The zero-order valence-corrected chi connectivity index (χ0v) is 16.0. The van der Waals surface area contributed by atoms with Gasteiger partial charge in [-0.3, -0.25) is 4.79 Å². The van der Waals surface area contributed by atoms with Crippen molar-refractivity contribution in [2.24, 2.45) is 16.7 Å². The van der Waals surface area contributed by atoms with Gasteiger partial charge in [0.2, 0.25) is 0 Å². The van der Waals surface area contributed by atoms with Crippen molar-refractivity contribution in [1.29, 1.82) is 0 Å². The van der Waals surface area contributed by atoms with Crippen molar-refractivity contribution in [3.8, 4) is 0 Å². The summed E-state index contributed by atoms with van der Waals surface area (Å²) >= 11 is 1.60. The van der Waals surface area contributed by atoms with Crippen LogP contribution in [0.5, 0.6) is 0 Å². The van der Waals surface area contributed by atoms with Gasteiger partial charge in [0.15, 0.2) is 0 Å². The van der Waals surface area contributed by atoms with Gasteiger partial charge in [0.25, 0.3) is 0 Å². The summed E-state index contributed by atoms with van der Waals surface area (Å²) in [6, 6.07) is 0. The fourth-order valence-corrected chi connectivity index (χ4v) is 2.63. The average Bonchev–Trinajstić information content (AvgIpc) is 2.31. The van der Waals surface area contributed by atoms with E-state index >= 15 is 0 Å². The van der Waals surface area contributed by atoms with E-state index in [2.05, 4.69) is 60.6 Å². The Morgan fingerprint density at radius 1 is 1.19 bits per heavy atom. The van der Waals surface area contributed by atoms with E-state index in [4.69, 9.17) is 4.74 Å². The summed E-state index contributed by atoms with van der Waals surface area (Å²) in [4.78, 5) is 11.9. The zero-order valence-electron chi connectivity index (χ0n) is 15.2. The van der Waals surface area contributed by atoms with E-state index in [-0.39, 0.29) is 16.8 Å². The molecule has 2 nitrogen and oxygen atoms in total. The maximum Gasteiger partial charge on any atom is 0.306 e. The van der Waals surface area contributed by atoms with E-state index in [1.54, 1.807) is 11.8 Å². The molecular weight excluding hydrogens is 280 g/mol. The monoisotopic (exact) mass is 314 g/mol. The Morgan fingerprint density at radius 2 is 1.76 bits per heavy atom. The van der Waals surface area contributed by atoms with Gasteiger partial charge in [0, 0.05) is 6.42 Å². The van der Waals surface area contributed by atoms with E-state index in [1.807, 2.05) is 6.26 Å². The number of esters is 1. The predicted molar refractivity (Wildman–Crippen MR) is 94.5 cm³/mol. The van der Waals surface area contributed by atoms with Crippen LogP contribution in [0.4, 0.5) is 0 Å². The van der Waals surface area contributed by atoms with Crippen LogP contribution >= 0.6 is 11.8 Å². The highest BCUT2D eigenvalue weighted by atomic mass is 32.2. The molecule has 0 aromatic carbocycles. The normalized spacial score (nSPS) is 14.7. The Kier molecular flexibility index (Phi) is 8.69. The van der Waals surface area contributed by atoms with E-state index < -0.39 is 0 Å². The minimum absolute atomic E-state index is 0.0305. The van der Waals surface area contributed by atoms with Gasteiger partial charge in [-0.2, -0.15) is 0 Å². The maximum atomic E-state index is 11.9. The molecule has 0 spiro atoms. The van der Waals surface area contributed by atoms with Crippen LogP contribution in [0.25, 0.3) is 0 Å². The third-order valence-electron chi connectivity index (χ3n) is 3.30. The van der Waals surface area contributed by atoms with Crippen LogP contribution in [0.1, 0.15) is 67.7 Å². The number of allylic oxidation sites excluding steroid dienone is 2. The molecule has 0 amide bonds. The van der Waals surface area contributed by atoms with Gasteiger partial charge in [-0.25, -0.2) is 0 Å². The van der Waals surface area contributed by atoms with Gasteiger partial charge in [-0.05, 0) is 35.8 Å². The molecule has 21 heavy (non-hydrogen) atoms. The summed E-state index contributed by atoms with van der Waals surface area (Å²) in [6.07, 6.45) is 8.83. The third kappa shape index (κ3) is 10.9. The third-order valence-corrected chi connectivity index (χ3v) is 4.40. The Bertz CT molecular complexity index is 338. The van der Waals surface area contributed by atoms with Crippen molar-refractivity contribution >= 4 is 17.7 Å². The molecule has 0 rings (SSSR count). The summed E-state index contributed by atoms with van der Waals surface area (Å²) < 4.78 is 5.52. The van der Waals surface area contributed by atoms with Crippen molar-refractivity contribution in [3.63, 3.8) is 0 Å². The smallest absolute Gasteiger partial charge is 0.306 e. The molecule has 0 N–H and O–H groups in total. The zero-order chi connectivity index (χ0) is 16.7. The molecule has 124 valence electrons. The number of carbonyl (C=O) groups is 1. The lowest BCUT2D eigenvalue weighted by Crippen LogP contribution is -2.21. The quantitative estimate of drug-likeness (QED) is 0.328. The molecule has 0 heterocycles. The second-order valence-electron chi connectivity index (χ2n) is 7.99. The van der Waals surface area contributed by atoms with Gasteiger partial charge < -0.3 is 4.74 Å². The lowest BCUT2D eigenvalue weighted by atomic mass is 9.85. The Hall–Kier alpha value is -0.440. The minimum Gasteiger partial charge on any atom is -0.451 e. The number of hydrogen-bond donors (Lipinski definition) is 0. The van der Waals surface area contributed by atoms with Crippen LogP contribution in [0.15, 0.2) is 12.2 Å². The van der Waals surface area contributed by atoms with Crippen LogP contribution in [0.2, 0.25) is 0 Å². The number of hydrogen-bond acceptors (Lipinski definition) is 3. The molecule has 0 aromatic rings. The molecule has 3 heteroatoms. The number of rotatable bonds is 8. The molecule has 0 aliphatic carbocycles. The predicted octanol–water partition coefficient (Wildman–Crippen LogP) is 5.67. The van der Waals surface area contributed by atoms with Crippen molar-refractivity contribution < 1.29 is 9.53 Å². The van der Waals surface area contributed by atoms with Crippen LogP contribution in [-0.4, -0.2) is 17.7 Å². The second-order valence-corrected chi connectivity index (χ2v) is 8.93. The molecule has 1 unspecified atom stereocenters. The fraction of sp³-hybridized carbons (Fsp3) is 0.833. The topological polar surface area (TPSA) is 26.3 Å². The van der Waals surface area contributed by atoms with Crippen molar-refractivity contribution in [2.45, 2.75) is 73.2 Å². The first-order valence-corrected chi connectivity index (χ1v) is 9.15. The summed E-state index contributed by atoms with van der Waals surface area (Å²) in [5, 5.41) is 0. The maximum absolute atomic E-state index is 11.9. The molecule has 1 atom stereocenters. The molecule has 0 fully saturated rings. The van der Waals surface area contributed by atoms with Crippen molar-refractivity contribution in [3.05, 3.63) is 12.2 Å². The molecule has 0 aliphatic heterocycles. The SMILES string of the molecule is CSC(OC(=O)CCC(C)(C)C=CCC(C)(C)C)C(C)C. The highest BCUT2D eigenvalue weighted by molar-refractivity contribution is 7.99. The molecule has 0 radical (unpaired) electrons. The first-order chi connectivity index (χ1) is 9.47. The van der Waals surface area contributed by atoms with Crippen LogP contribution in [0.3, 0.4) is 0 Å². The lowest BCUT2D eigenvalue weighted by Gasteiger charge is -2.23. The van der Waals surface area contributed by atoms with E-state index in [0.717, 1.165) is 12.8 Å². The minimum atomic E-state index is -0.0830. The first kappa shape index (κ1) is 20.6. The lowest BCUT2D eigenvalue weighted by molar-refractivity contribution is -0.147. The van der Waals surface area contributed by atoms with Gasteiger partial charge in [-0.1, -0.05) is 60.6 Å². The molecular formula is C18H34O2S. The van der Waals surface area contributed by atoms with Crippen molar-refractivity contribution in [2.75, 3.05) is 6.26 Å². The standard InChI is InChI=1S/C18H34O2S/c1-14(2)16(21-8)20-15(19)10-13-18(6,7)12-9-11-17(3,4)5/h9,12,14,16H,10-11,13H2,1-8H3. The summed E-state index contributed by atoms with van der Waals surface area (Å²) in [6.45, 7) is 15.2. The number of carbonyl (C=O) groups excluding carboxylic acids is 1. The molecule has 0 saturated heterocycles. The highest BCUT2D eigenvalue weighted by Gasteiger charge is 2.20. The summed E-state index contributed by atoms with van der Waals surface area (Å²) in [7, 11) is 0. The molecule has 0 aliphatic rings. The fourth-order valence-electron chi connectivity index (χ4n) is 1.88. The van der Waals surface area contributed by atoms with Gasteiger partial charge in [0.1, 0.15) is 5.44 Å². The Labute approximate surface area is 136 Å². The highest BCUT2D eigenvalue weighted by Crippen LogP contribution is 2.27. The average molecular weight is 315 g/mol. The first-order valence-electron chi connectivity index (χ1n) is 7.87.